The van der Waals surface area contributed by atoms with Crippen LogP contribution in [0.15, 0.2) is 66.7 Å². The van der Waals surface area contributed by atoms with Gasteiger partial charge < -0.3 is 0 Å². The monoisotopic (exact) mass is 350 g/mol. The number of nitrogens with zero attached hydrogens (tertiary/aromatic N) is 2. The molecule has 1 aliphatic rings. The molecule has 0 saturated carbocycles. The summed E-state index contributed by atoms with van der Waals surface area (Å²) in [6.45, 7) is 6.53. The number of halogens is 1. The Bertz CT molecular complexity index is 831. The molecule has 0 amide bonds. The molecule has 2 nitrogen and oxygen atoms in total. The molecule has 3 aromatic rings. The Morgan fingerprint density at radius 1 is 0.680 bits per heavy atom. The van der Waals surface area contributed by atoms with Crippen LogP contribution in [0.5, 0.6) is 0 Å². The molecule has 25 heavy (non-hydrogen) atoms. The first kappa shape index (κ1) is 16.6. The third-order valence-electron chi connectivity index (χ3n) is 5.06. The van der Waals surface area contributed by atoms with E-state index in [0.29, 0.717) is 0 Å². The van der Waals surface area contributed by atoms with Crippen LogP contribution in [0.25, 0.3) is 10.8 Å². The van der Waals surface area contributed by atoms with Gasteiger partial charge in [0.25, 0.3) is 0 Å². The van der Waals surface area contributed by atoms with E-state index in [1.165, 1.54) is 21.9 Å². The number of piperazine rings is 1. The molecule has 3 heteroatoms. The van der Waals surface area contributed by atoms with Gasteiger partial charge in [-0.3, -0.25) is 9.80 Å². The van der Waals surface area contributed by atoms with Gasteiger partial charge in [-0.25, -0.2) is 0 Å². The Labute approximate surface area is 154 Å². The highest BCUT2D eigenvalue weighted by atomic mass is 35.5. The summed E-state index contributed by atoms with van der Waals surface area (Å²) >= 11 is 5.97. The van der Waals surface area contributed by atoms with Crippen molar-refractivity contribution < 1.29 is 0 Å². The molecule has 0 spiro atoms. The topological polar surface area (TPSA) is 6.48 Å². The Morgan fingerprint density at radius 2 is 1.32 bits per heavy atom. The Morgan fingerprint density at radius 3 is 2.08 bits per heavy atom. The SMILES string of the molecule is Clc1ccc(CN2CCN(Cc3cccc4ccccc34)CC2)cc1. The largest absolute Gasteiger partial charge is 0.297 e. The van der Waals surface area contributed by atoms with Gasteiger partial charge in [0.05, 0.1) is 0 Å². The predicted octanol–water partition coefficient (Wildman–Crippen LogP) is 4.81. The lowest BCUT2D eigenvalue weighted by Crippen LogP contribution is -2.45. The molecule has 1 saturated heterocycles. The molecule has 3 aromatic carbocycles. The van der Waals surface area contributed by atoms with Crippen LogP contribution in [0.2, 0.25) is 5.02 Å². The van der Waals surface area contributed by atoms with Crippen molar-refractivity contribution in [2.45, 2.75) is 13.1 Å². The Balaban J connectivity index is 1.36. The summed E-state index contributed by atoms with van der Waals surface area (Å²) in [6, 6.07) is 23.5. The Kier molecular flexibility index (Phi) is 5.02. The summed E-state index contributed by atoms with van der Waals surface area (Å²) in [5.74, 6) is 0. The fraction of sp³-hybridized carbons (Fsp3) is 0.273. The number of hydrogen-bond donors (Lipinski definition) is 0. The van der Waals surface area contributed by atoms with Crippen LogP contribution in [0, 0.1) is 0 Å². The van der Waals surface area contributed by atoms with Gasteiger partial charge in [0, 0.05) is 44.3 Å². The van der Waals surface area contributed by atoms with Gasteiger partial charge in [-0.15, -0.1) is 0 Å². The summed E-state index contributed by atoms with van der Waals surface area (Å²) in [7, 11) is 0. The molecule has 1 heterocycles. The second-order valence-corrected chi connectivity index (χ2v) is 7.25. The van der Waals surface area contributed by atoms with Crippen molar-refractivity contribution in [2.24, 2.45) is 0 Å². The van der Waals surface area contributed by atoms with Gasteiger partial charge in [-0.05, 0) is 34.0 Å². The molecular weight excluding hydrogens is 328 g/mol. The summed E-state index contributed by atoms with van der Waals surface area (Å²) in [6.07, 6.45) is 0. The summed E-state index contributed by atoms with van der Waals surface area (Å²) in [5.41, 5.74) is 2.77. The van der Waals surface area contributed by atoms with Crippen molar-refractivity contribution in [2.75, 3.05) is 26.2 Å². The quantitative estimate of drug-likeness (QED) is 0.666. The van der Waals surface area contributed by atoms with Gasteiger partial charge in [0.15, 0.2) is 0 Å². The van der Waals surface area contributed by atoms with E-state index < -0.39 is 0 Å². The van der Waals surface area contributed by atoms with Gasteiger partial charge in [0.2, 0.25) is 0 Å². The van der Waals surface area contributed by atoms with Crippen LogP contribution < -0.4 is 0 Å². The van der Waals surface area contributed by atoms with Crippen LogP contribution >= 0.6 is 11.6 Å². The zero-order valence-corrected chi connectivity index (χ0v) is 15.1. The molecule has 0 atom stereocenters. The minimum Gasteiger partial charge on any atom is -0.297 e. The van der Waals surface area contributed by atoms with Crippen LogP contribution in [-0.4, -0.2) is 36.0 Å². The van der Waals surface area contributed by atoms with E-state index in [0.717, 1.165) is 44.3 Å². The van der Waals surface area contributed by atoms with E-state index in [2.05, 4.69) is 64.4 Å². The highest BCUT2D eigenvalue weighted by Crippen LogP contribution is 2.21. The molecule has 1 fully saturated rings. The van der Waals surface area contributed by atoms with Gasteiger partial charge in [-0.2, -0.15) is 0 Å². The lowest BCUT2D eigenvalue weighted by Gasteiger charge is -2.35. The van der Waals surface area contributed by atoms with Crippen LogP contribution in [0.3, 0.4) is 0 Å². The molecular formula is C22H23ClN2. The van der Waals surface area contributed by atoms with E-state index in [1.54, 1.807) is 0 Å². The van der Waals surface area contributed by atoms with E-state index in [1.807, 2.05) is 12.1 Å². The highest BCUT2D eigenvalue weighted by molar-refractivity contribution is 6.30. The standard InChI is InChI=1S/C22H23ClN2/c23-21-10-8-18(9-11-21)16-24-12-14-25(15-13-24)17-20-6-3-5-19-4-1-2-7-22(19)20/h1-11H,12-17H2. The van der Waals surface area contributed by atoms with Crippen LogP contribution in [-0.2, 0) is 13.1 Å². The molecule has 0 radical (unpaired) electrons. The third kappa shape index (κ3) is 4.04. The van der Waals surface area contributed by atoms with Crippen molar-refractivity contribution in [3.8, 4) is 0 Å². The molecule has 4 rings (SSSR count). The zero-order valence-electron chi connectivity index (χ0n) is 14.4. The van der Waals surface area contributed by atoms with Crippen molar-refractivity contribution in [1.82, 2.24) is 9.80 Å². The maximum absolute atomic E-state index is 5.97. The van der Waals surface area contributed by atoms with Crippen molar-refractivity contribution >= 4 is 22.4 Å². The van der Waals surface area contributed by atoms with Crippen molar-refractivity contribution in [1.29, 1.82) is 0 Å². The van der Waals surface area contributed by atoms with E-state index >= 15 is 0 Å². The first-order valence-corrected chi connectivity index (χ1v) is 9.31. The van der Waals surface area contributed by atoms with Gasteiger partial charge in [0.1, 0.15) is 0 Å². The lowest BCUT2D eigenvalue weighted by atomic mass is 10.0. The minimum absolute atomic E-state index is 0.809. The molecule has 128 valence electrons. The first-order chi connectivity index (χ1) is 12.3. The van der Waals surface area contributed by atoms with Crippen molar-refractivity contribution in [3.05, 3.63) is 82.9 Å². The molecule has 0 aliphatic carbocycles. The number of rotatable bonds is 4. The Hall–Kier alpha value is -1.87. The second kappa shape index (κ2) is 7.57. The number of fused-ring (bicyclic) bond motifs is 1. The molecule has 1 aliphatic heterocycles. The minimum atomic E-state index is 0.809. The molecule has 0 aromatic heterocycles. The summed E-state index contributed by atoms with van der Waals surface area (Å²) < 4.78 is 0. The lowest BCUT2D eigenvalue weighted by molar-refractivity contribution is 0.122. The molecule has 0 bridgehead atoms. The summed E-state index contributed by atoms with van der Waals surface area (Å²) in [5, 5.41) is 3.53. The molecule has 0 N–H and O–H groups in total. The maximum atomic E-state index is 5.97. The average Bonchev–Trinajstić information content (AvgIpc) is 2.65. The van der Waals surface area contributed by atoms with Crippen molar-refractivity contribution in [3.63, 3.8) is 0 Å². The normalized spacial score (nSPS) is 16.4. The number of benzene rings is 3. The third-order valence-corrected chi connectivity index (χ3v) is 5.31. The highest BCUT2D eigenvalue weighted by Gasteiger charge is 2.17. The fourth-order valence-corrected chi connectivity index (χ4v) is 3.75. The second-order valence-electron chi connectivity index (χ2n) is 6.82. The first-order valence-electron chi connectivity index (χ1n) is 8.94. The predicted molar refractivity (Wildman–Crippen MR) is 106 cm³/mol. The van der Waals surface area contributed by atoms with Crippen LogP contribution in [0.4, 0.5) is 0 Å². The van der Waals surface area contributed by atoms with Gasteiger partial charge >= 0.3 is 0 Å². The number of hydrogen-bond acceptors (Lipinski definition) is 2. The maximum Gasteiger partial charge on any atom is 0.0406 e. The fourth-order valence-electron chi connectivity index (χ4n) is 3.62. The van der Waals surface area contributed by atoms with Gasteiger partial charge in [-0.1, -0.05) is 66.2 Å². The summed E-state index contributed by atoms with van der Waals surface area (Å²) in [4.78, 5) is 5.10. The molecule has 0 unspecified atom stereocenters. The van der Waals surface area contributed by atoms with E-state index in [4.69, 9.17) is 11.6 Å². The van der Waals surface area contributed by atoms with Crippen LogP contribution in [0.1, 0.15) is 11.1 Å². The average molecular weight is 351 g/mol. The smallest absolute Gasteiger partial charge is 0.0406 e. The van der Waals surface area contributed by atoms with E-state index in [9.17, 15) is 0 Å². The van der Waals surface area contributed by atoms with E-state index in [-0.39, 0.29) is 0 Å². The zero-order chi connectivity index (χ0) is 17.1.